The first-order chi connectivity index (χ1) is 10.0. The molecule has 1 aromatic carbocycles. The van der Waals surface area contributed by atoms with Gasteiger partial charge in [0, 0.05) is 23.8 Å². The van der Waals surface area contributed by atoms with Gasteiger partial charge in [0.05, 0.1) is 10.8 Å². The number of nitriles is 1. The molecule has 2 aliphatic heterocycles. The predicted octanol–water partition coefficient (Wildman–Crippen LogP) is 1.91. The molecule has 1 N–H and O–H groups in total. The Morgan fingerprint density at radius 3 is 2.81 bits per heavy atom. The Labute approximate surface area is 120 Å². The van der Waals surface area contributed by atoms with Gasteiger partial charge in [0.25, 0.3) is 5.69 Å². The van der Waals surface area contributed by atoms with Crippen LogP contribution >= 0.6 is 0 Å². The Balaban J connectivity index is 1.99. The van der Waals surface area contributed by atoms with E-state index in [1.54, 1.807) is 12.1 Å². The van der Waals surface area contributed by atoms with Crippen LogP contribution in [0.5, 0.6) is 0 Å². The second kappa shape index (κ2) is 4.74. The van der Waals surface area contributed by atoms with Crippen LogP contribution < -0.4 is 4.90 Å². The molecule has 0 radical (unpaired) electrons. The molecule has 3 rings (SSSR count). The summed E-state index contributed by atoms with van der Waals surface area (Å²) < 4.78 is 0. The zero-order valence-corrected chi connectivity index (χ0v) is 11.1. The number of carboxylic acid groups (broad SMARTS) is 1. The standard InChI is InChI=1S/C14H13N3O4/c15-7-8-1-2-10(6-13(8)17(20)21)16-9-3-4-12(16)11(5-9)14(18)19/h1-2,6,9,11-12H,3-5H2,(H,18,19). The minimum absolute atomic E-state index is 0.0186. The molecule has 2 heterocycles. The van der Waals surface area contributed by atoms with Crippen LogP contribution in [-0.2, 0) is 4.79 Å². The number of hydrogen-bond acceptors (Lipinski definition) is 5. The molecule has 7 nitrogen and oxygen atoms in total. The second-order valence-corrected chi connectivity index (χ2v) is 5.46. The van der Waals surface area contributed by atoms with Crippen LogP contribution in [0.4, 0.5) is 11.4 Å². The van der Waals surface area contributed by atoms with Crippen molar-refractivity contribution >= 4 is 17.3 Å². The second-order valence-electron chi connectivity index (χ2n) is 5.46. The third-order valence-electron chi connectivity index (χ3n) is 4.45. The number of nitrogens with zero attached hydrogens (tertiary/aromatic N) is 3. The van der Waals surface area contributed by atoms with Crippen LogP contribution in [0.15, 0.2) is 18.2 Å². The van der Waals surface area contributed by atoms with E-state index in [2.05, 4.69) is 0 Å². The molecule has 108 valence electrons. The third kappa shape index (κ3) is 2.00. The van der Waals surface area contributed by atoms with Gasteiger partial charge in [-0.2, -0.15) is 5.26 Å². The lowest BCUT2D eigenvalue weighted by Gasteiger charge is -2.25. The number of carboxylic acids is 1. The quantitative estimate of drug-likeness (QED) is 0.672. The summed E-state index contributed by atoms with van der Waals surface area (Å²) in [5.74, 6) is -1.23. The SMILES string of the molecule is N#Cc1ccc(N2C3CCC2C(C(=O)O)C3)cc1[N+](=O)[O-]. The Hall–Kier alpha value is -2.62. The van der Waals surface area contributed by atoms with Crippen molar-refractivity contribution in [1.29, 1.82) is 5.26 Å². The number of benzene rings is 1. The van der Waals surface area contributed by atoms with Gasteiger partial charge in [-0.05, 0) is 31.4 Å². The maximum atomic E-state index is 11.3. The van der Waals surface area contributed by atoms with Crippen molar-refractivity contribution in [2.24, 2.45) is 5.92 Å². The molecule has 0 aliphatic carbocycles. The maximum absolute atomic E-state index is 11.3. The predicted molar refractivity (Wildman–Crippen MR) is 72.8 cm³/mol. The molecule has 7 heteroatoms. The van der Waals surface area contributed by atoms with E-state index < -0.39 is 16.8 Å². The number of fused-ring (bicyclic) bond motifs is 2. The van der Waals surface area contributed by atoms with Gasteiger partial charge in [-0.3, -0.25) is 14.9 Å². The Morgan fingerprint density at radius 1 is 1.48 bits per heavy atom. The van der Waals surface area contributed by atoms with Crippen molar-refractivity contribution in [3.63, 3.8) is 0 Å². The molecular formula is C14H13N3O4. The lowest BCUT2D eigenvalue weighted by molar-refractivity contribution is -0.385. The number of hydrogen-bond donors (Lipinski definition) is 1. The first kappa shape index (κ1) is 13.4. The van der Waals surface area contributed by atoms with E-state index in [1.807, 2.05) is 4.90 Å². The Bertz CT molecular complexity index is 667. The van der Waals surface area contributed by atoms with Gasteiger partial charge in [-0.15, -0.1) is 0 Å². The Kier molecular flexibility index (Phi) is 3.01. The van der Waals surface area contributed by atoms with Crippen LogP contribution in [0.2, 0.25) is 0 Å². The van der Waals surface area contributed by atoms with E-state index in [-0.39, 0.29) is 23.3 Å². The van der Waals surface area contributed by atoms with Crippen molar-refractivity contribution in [3.8, 4) is 6.07 Å². The number of aliphatic carboxylic acids is 1. The highest BCUT2D eigenvalue weighted by molar-refractivity contribution is 5.74. The highest BCUT2D eigenvalue weighted by atomic mass is 16.6. The molecule has 2 aliphatic rings. The highest BCUT2D eigenvalue weighted by Crippen LogP contribution is 2.45. The summed E-state index contributed by atoms with van der Waals surface area (Å²) in [5.41, 5.74) is 0.426. The molecule has 3 unspecified atom stereocenters. The molecule has 0 aromatic heterocycles. The lowest BCUT2D eigenvalue weighted by atomic mass is 9.89. The summed E-state index contributed by atoms with van der Waals surface area (Å²) in [4.78, 5) is 23.7. The van der Waals surface area contributed by atoms with E-state index >= 15 is 0 Å². The van der Waals surface area contributed by atoms with Crippen molar-refractivity contribution in [2.45, 2.75) is 31.3 Å². The first-order valence-corrected chi connectivity index (χ1v) is 6.72. The van der Waals surface area contributed by atoms with Gasteiger partial charge in [0.2, 0.25) is 0 Å². The van der Waals surface area contributed by atoms with Gasteiger partial charge in [0.1, 0.15) is 11.6 Å². The smallest absolute Gasteiger partial charge is 0.308 e. The molecule has 2 saturated heterocycles. The fraction of sp³-hybridized carbons (Fsp3) is 0.429. The minimum Gasteiger partial charge on any atom is -0.481 e. The van der Waals surface area contributed by atoms with Crippen molar-refractivity contribution in [3.05, 3.63) is 33.9 Å². The molecule has 2 fully saturated rings. The molecule has 3 atom stereocenters. The summed E-state index contributed by atoms with van der Waals surface area (Å²) in [6.45, 7) is 0. The summed E-state index contributed by atoms with van der Waals surface area (Å²) in [7, 11) is 0. The van der Waals surface area contributed by atoms with Gasteiger partial charge >= 0.3 is 5.97 Å². The molecule has 0 amide bonds. The van der Waals surface area contributed by atoms with Gasteiger partial charge in [-0.1, -0.05) is 0 Å². The van der Waals surface area contributed by atoms with Gasteiger partial charge < -0.3 is 10.0 Å². The normalized spacial score (nSPS) is 26.6. The average Bonchev–Trinajstić information content (AvgIpc) is 3.04. The molecule has 21 heavy (non-hydrogen) atoms. The third-order valence-corrected chi connectivity index (χ3v) is 4.45. The Morgan fingerprint density at radius 2 is 2.24 bits per heavy atom. The molecule has 2 bridgehead atoms. The fourth-order valence-electron chi connectivity index (χ4n) is 3.58. The molecule has 0 saturated carbocycles. The number of nitro benzene ring substituents is 1. The van der Waals surface area contributed by atoms with Crippen LogP contribution in [-0.4, -0.2) is 28.1 Å². The van der Waals surface area contributed by atoms with Crippen LogP contribution in [0.3, 0.4) is 0 Å². The lowest BCUT2D eigenvalue weighted by Crippen LogP contribution is -2.32. The summed E-state index contributed by atoms with van der Waals surface area (Å²) in [6, 6.07) is 6.29. The summed E-state index contributed by atoms with van der Waals surface area (Å²) in [6.07, 6.45) is 2.27. The first-order valence-electron chi connectivity index (χ1n) is 6.72. The monoisotopic (exact) mass is 287 g/mol. The van der Waals surface area contributed by atoms with E-state index in [1.165, 1.54) is 12.1 Å². The highest BCUT2D eigenvalue weighted by Gasteiger charge is 2.49. The maximum Gasteiger partial charge on any atom is 0.308 e. The van der Waals surface area contributed by atoms with Gasteiger partial charge in [-0.25, -0.2) is 0 Å². The number of carbonyl (C=O) groups is 1. The summed E-state index contributed by atoms with van der Waals surface area (Å²) >= 11 is 0. The fourth-order valence-corrected chi connectivity index (χ4v) is 3.58. The zero-order chi connectivity index (χ0) is 15.1. The van der Waals surface area contributed by atoms with Gasteiger partial charge in [0.15, 0.2) is 0 Å². The minimum atomic E-state index is -0.810. The number of rotatable bonds is 3. The largest absolute Gasteiger partial charge is 0.481 e. The van der Waals surface area contributed by atoms with E-state index in [0.29, 0.717) is 12.1 Å². The van der Waals surface area contributed by atoms with E-state index in [9.17, 15) is 20.0 Å². The zero-order valence-electron chi connectivity index (χ0n) is 11.1. The van der Waals surface area contributed by atoms with Crippen molar-refractivity contribution in [2.75, 3.05) is 4.90 Å². The van der Waals surface area contributed by atoms with Crippen LogP contribution in [0.1, 0.15) is 24.8 Å². The van der Waals surface area contributed by atoms with Crippen LogP contribution in [0, 0.1) is 27.4 Å². The number of anilines is 1. The van der Waals surface area contributed by atoms with Crippen molar-refractivity contribution in [1.82, 2.24) is 0 Å². The van der Waals surface area contributed by atoms with Crippen LogP contribution in [0.25, 0.3) is 0 Å². The van der Waals surface area contributed by atoms with E-state index in [4.69, 9.17) is 5.26 Å². The molecular weight excluding hydrogens is 274 g/mol. The van der Waals surface area contributed by atoms with E-state index in [0.717, 1.165) is 12.8 Å². The topological polar surface area (TPSA) is 107 Å². The summed E-state index contributed by atoms with van der Waals surface area (Å²) in [5, 5.41) is 29.2. The average molecular weight is 287 g/mol. The van der Waals surface area contributed by atoms with Crippen molar-refractivity contribution < 1.29 is 14.8 Å². The molecule has 1 aromatic rings. The molecule has 0 spiro atoms. The number of nitro groups is 1.